The molecule has 0 aromatic rings. The van der Waals surface area contributed by atoms with Crippen molar-refractivity contribution in [3.63, 3.8) is 0 Å². The zero-order valence-corrected chi connectivity index (χ0v) is 9.42. The van der Waals surface area contributed by atoms with Crippen LogP contribution in [0.15, 0.2) is 0 Å². The van der Waals surface area contributed by atoms with Gasteiger partial charge in [-0.05, 0) is 12.8 Å². The number of carbonyl (C=O) groups is 3. The standard InChI is InChI=1S/C11H14N2O4/c14-9-6-17-11(16)13(9)8-4-12(5-8)10(15)7-2-1-3-7/h7-8H,1-6H2. The summed E-state index contributed by atoms with van der Waals surface area (Å²) in [6.45, 7) is 0.776. The molecule has 0 aromatic heterocycles. The molecule has 0 radical (unpaired) electrons. The molecule has 0 aromatic carbocycles. The van der Waals surface area contributed by atoms with Gasteiger partial charge in [-0.25, -0.2) is 9.69 Å². The Morgan fingerprint density at radius 3 is 2.41 bits per heavy atom. The van der Waals surface area contributed by atoms with Crippen LogP contribution < -0.4 is 0 Å². The molecule has 6 nitrogen and oxygen atoms in total. The van der Waals surface area contributed by atoms with E-state index in [1.807, 2.05) is 0 Å². The van der Waals surface area contributed by atoms with Gasteiger partial charge in [-0.3, -0.25) is 9.59 Å². The van der Waals surface area contributed by atoms with Crippen molar-refractivity contribution in [2.75, 3.05) is 19.7 Å². The summed E-state index contributed by atoms with van der Waals surface area (Å²) in [4.78, 5) is 37.4. The molecule has 3 amide bonds. The summed E-state index contributed by atoms with van der Waals surface area (Å²) >= 11 is 0. The Morgan fingerprint density at radius 2 is 1.94 bits per heavy atom. The number of carbonyl (C=O) groups excluding carboxylic acids is 3. The first kappa shape index (κ1) is 10.6. The molecule has 3 rings (SSSR count). The first-order chi connectivity index (χ1) is 8.16. The molecule has 1 aliphatic carbocycles. The third kappa shape index (κ3) is 1.59. The van der Waals surface area contributed by atoms with Gasteiger partial charge in [0.05, 0.1) is 6.04 Å². The molecule has 2 heterocycles. The van der Waals surface area contributed by atoms with E-state index in [0.717, 1.165) is 24.2 Å². The van der Waals surface area contributed by atoms with Crippen LogP contribution in [0.5, 0.6) is 0 Å². The van der Waals surface area contributed by atoms with Crippen LogP contribution in [0.1, 0.15) is 19.3 Å². The topological polar surface area (TPSA) is 66.9 Å². The molecule has 0 bridgehead atoms. The van der Waals surface area contributed by atoms with Crippen molar-refractivity contribution in [1.29, 1.82) is 0 Å². The fourth-order valence-electron chi connectivity index (χ4n) is 2.43. The van der Waals surface area contributed by atoms with Crippen molar-refractivity contribution in [2.45, 2.75) is 25.3 Å². The first-order valence-electron chi connectivity index (χ1n) is 5.94. The number of rotatable bonds is 2. The van der Waals surface area contributed by atoms with Gasteiger partial charge in [-0.15, -0.1) is 0 Å². The Morgan fingerprint density at radius 1 is 1.24 bits per heavy atom. The third-order valence-electron chi connectivity index (χ3n) is 3.78. The van der Waals surface area contributed by atoms with Gasteiger partial charge in [0.15, 0.2) is 6.61 Å². The normalized spacial score (nSPS) is 25.6. The predicted octanol–water partition coefficient (Wildman–Crippen LogP) is -0.0239. The van der Waals surface area contributed by atoms with Gasteiger partial charge in [0.2, 0.25) is 5.91 Å². The van der Waals surface area contributed by atoms with Crippen LogP contribution in [0.2, 0.25) is 0 Å². The second-order valence-corrected chi connectivity index (χ2v) is 4.84. The molecule has 3 fully saturated rings. The summed E-state index contributed by atoms with van der Waals surface area (Å²) < 4.78 is 4.64. The SMILES string of the molecule is O=C(C1CCC1)N1CC(N2C(=O)COC2=O)C1. The highest BCUT2D eigenvalue weighted by atomic mass is 16.6. The Balaban J connectivity index is 1.55. The van der Waals surface area contributed by atoms with Gasteiger partial charge >= 0.3 is 6.09 Å². The minimum Gasteiger partial charge on any atom is -0.439 e. The zero-order chi connectivity index (χ0) is 12.0. The molecule has 2 aliphatic heterocycles. The average Bonchev–Trinajstić information content (AvgIpc) is 2.44. The van der Waals surface area contributed by atoms with E-state index in [1.54, 1.807) is 4.90 Å². The number of cyclic esters (lactones) is 1. The van der Waals surface area contributed by atoms with Crippen molar-refractivity contribution in [2.24, 2.45) is 5.92 Å². The van der Waals surface area contributed by atoms with E-state index in [1.165, 1.54) is 0 Å². The molecule has 0 N–H and O–H groups in total. The molecule has 1 saturated carbocycles. The third-order valence-corrected chi connectivity index (χ3v) is 3.78. The van der Waals surface area contributed by atoms with Gasteiger partial charge in [0.25, 0.3) is 5.91 Å². The number of nitrogens with zero attached hydrogens (tertiary/aromatic N) is 2. The van der Waals surface area contributed by atoms with Crippen LogP contribution in [-0.4, -0.2) is 53.4 Å². The van der Waals surface area contributed by atoms with Crippen LogP contribution in [0.3, 0.4) is 0 Å². The largest absolute Gasteiger partial charge is 0.439 e. The lowest BCUT2D eigenvalue weighted by Crippen LogP contribution is -2.63. The minimum atomic E-state index is -0.573. The second kappa shape index (κ2) is 3.72. The molecule has 92 valence electrons. The van der Waals surface area contributed by atoms with E-state index in [9.17, 15) is 14.4 Å². The minimum absolute atomic E-state index is 0.161. The maximum atomic E-state index is 11.8. The summed E-state index contributed by atoms with van der Waals surface area (Å²) in [6.07, 6.45) is 2.51. The Labute approximate surface area is 98.5 Å². The smallest absolute Gasteiger partial charge is 0.417 e. The van der Waals surface area contributed by atoms with Gasteiger partial charge in [-0.1, -0.05) is 6.42 Å². The van der Waals surface area contributed by atoms with Crippen LogP contribution in [0.25, 0.3) is 0 Å². The Kier molecular flexibility index (Phi) is 2.31. The average molecular weight is 238 g/mol. The molecular weight excluding hydrogens is 224 g/mol. The van der Waals surface area contributed by atoms with E-state index in [0.29, 0.717) is 13.1 Å². The predicted molar refractivity (Wildman–Crippen MR) is 55.9 cm³/mol. The van der Waals surface area contributed by atoms with Crippen molar-refractivity contribution in [1.82, 2.24) is 9.80 Å². The van der Waals surface area contributed by atoms with Gasteiger partial charge in [-0.2, -0.15) is 0 Å². The lowest BCUT2D eigenvalue weighted by molar-refractivity contribution is -0.147. The van der Waals surface area contributed by atoms with Crippen LogP contribution >= 0.6 is 0 Å². The molecule has 0 spiro atoms. The zero-order valence-electron chi connectivity index (χ0n) is 9.42. The highest BCUT2D eigenvalue weighted by molar-refractivity contribution is 5.98. The lowest BCUT2D eigenvalue weighted by Gasteiger charge is -2.44. The highest BCUT2D eigenvalue weighted by Gasteiger charge is 2.45. The molecule has 17 heavy (non-hydrogen) atoms. The van der Waals surface area contributed by atoms with E-state index < -0.39 is 6.09 Å². The second-order valence-electron chi connectivity index (χ2n) is 4.84. The van der Waals surface area contributed by atoms with Crippen LogP contribution in [0.4, 0.5) is 4.79 Å². The summed E-state index contributed by atoms with van der Waals surface area (Å²) in [7, 11) is 0. The number of ether oxygens (including phenoxy) is 1. The highest BCUT2D eigenvalue weighted by Crippen LogP contribution is 2.31. The summed E-state index contributed by atoms with van der Waals surface area (Å²) in [6, 6.07) is -0.179. The monoisotopic (exact) mass is 238 g/mol. The summed E-state index contributed by atoms with van der Waals surface area (Å²) in [5, 5.41) is 0. The number of hydrogen-bond donors (Lipinski definition) is 0. The van der Waals surface area contributed by atoms with Crippen LogP contribution in [-0.2, 0) is 14.3 Å². The Hall–Kier alpha value is -1.59. The van der Waals surface area contributed by atoms with Gasteiger partial charge < -0.3 is 9.64 Å². The fourth-order valence-corrected chi connectivity index (χ4v) is 2.43. The number of hydrogen-bond acceptors (Lipinski definition) is 4. The molecule has 6 heteroatoms. The summed E-state index contributed by atoms with van der Waals surface area (Å²) in [5.74, 6) is 0.0560. The van der Waals surface area contributed by atoms with E-state index >= 15 is 0 Å². The molecule has 0 unspecified atom stereocenters. The van der Waals surface area contributed by atoms with Crippen LogP contribution in [0, 0.1) is 5.92 Å². The quantitative estimate of drug-likeness (QED) is 0.678. The first-order valence-corrected chi connectivity index (χ1v) is 5.94. The molecular formula is C11H14N2O4. The number of imide groups is 1. The number of amides is 3. The Bertz CT molecular complexity index is 369. The van der Waals surface area contributed by atoms with E-state index in [4.69, 9.17) is 0 Å². The molecule has 2 saturated heterocycles. The van der Waals surface area contributed by atoms with Gasteiger partial charge in [0, 0.05) is 19.0 Å². The molecule has 0 atom stereocenters. The van der Waals surface area contributed by atoms with Crippen molar-refractivity contribution in [3.8, 4) is 0 Å². The van der Waals surface area contributed by atoms with E-state index in [2.05, 4.69) is 4.74 Å². The summed E-state index contributed by atoms with van der Waals surface area (Å²) in [5.41, 5.74) is 0. The van der Waals surface area contributed by atoms with Crippen molar-refractivity contribution < 1.29 is 19.1 Å². The van der Waals surface area contributed by atoms with Crippen molar-refractivity contribution >= 4 is 17.9 Å². The molecule has 3 aliphatic rings. The lowest BCUT2D eigenvalue weighted by atomic mass is 9.83. The number of likely N-dealkylation sites (tertiary alicyclic amines) is 1. The van der Waals surface area contributed by atoms with E-state index in [-0.39, 0.29) is 30.4 Å². The van der Waals surface area contributed by atoms with Crippen molar-refractivity contribution in [3.05, 3.63) is 0 Å². The van der Waals surface area contributed by atoms with Gasteiger partial charge in [0.1, 0.15) is 0 Å². The maximum absolute atomic E-state index is 11.8. The fraction of sp³-hybridized carbons (Fsp3) is 0.727. The maximum Gasteiger partial charge on any atom is 0.417 e.